The van der Waals surface area contributed by atoms with Crippen LogP contribution in [0.25, 0.3) is 0 Å². The Morgan fingerprint density at radius 3 is 2.19 bits per heavy atom. The maximum absolute atomic E-state index is 11.6. The third-order valence-corrected chi connectivity index (χ3v) is 2.71. The largest absolute Gasteiger partial charge is 0.356 e. The average molecular weight is 248 g/mol. The molecule has 0 radical (unpaired) electrons. The highest BCUT2D eigenvalue weighted by molar-refractivity contribution is 6.17. The van der Waals surface area contributed by atoms with Crippen molar-refractivity contribution in [2.45, 2.75) is 53.9 Å². The summed E-state index contributed by atoms with van der Waals surface area (Å²) in [4.78, 5) is 11.6. The number of rotatable bonds is 6. The highest BCUT2D eigenvalue weighted by Gasteiger charge is 2.20. The van der Waals surface area contributed by atoms with Gasteiger partial charge in [0.25, 0.3) is 0 Å². The van der Waals surface area contributed by atoms with E-state index < -0.39 is 0 Å². The Bertz CT molecular complexity index is 218. The lowest BCUT2D eigenvalue weighted by Gasteiger charge is -2.26. The van der Waals surface area contributed by atoms with Crippen LogP contribution in [0.1, 0.15) is 53.9 Å². The summed E-state index contributed by atoms with van der Waals surface area (Å²) < 4.78 is 0. The molecule has 0 aliphatic carbocycles. The Hall–Kier alpha value is -0.240. The molecule has 1 amide bonds. The Morgan fingerprint density at radius 2 is 1.75 bits per heavy atom. The van der Waals surface area contributed by atoms with Crippen LogP contribution in [0.15, 0.2) is 0 Å². The van der Waals surface area contributed by atoms with Gasteiger partial charge in [0, 0.05) is 18.8 Å². The molecule has 0 aromatic rings. The van der Waals surface area contributed by atoms with Crippen molar-refractivity contribution in [1.29, 1.82) is 0 Å². The molecule has 0 atom stereocenters. The predicted molar refractivity (Wildman–Crippen MR) is 70.8 cm³/mol. The van der Waals surface area contributed by atoms with Crippen molar-refractivity contribution in [3.05, 3.63) is 0 Å². The number of alkyl halides is 1. The van der Waals surface area contributed by atoms with Crippen molar-refractivity contribution >= 4 is 17.5 Å². The molecule has 0 aromatic carbocycles. The third kappa shape index (κ3) is 9.02. The van der Waals surface area contributed by atoms with E-state index in [9.17, 15) is 4.79 Å². The molecule has 0 fully saturated rings. The summed E-state index contributed by atoms with van der Waals surface area (Å²) in [6.45, 7) is 11.3. The first kappa shape index (κ1) is 15.8. The lowest BCUT2D eigenvalue weighted by atomic mass is 9.87. The van der Waals surface area contributed by atoms with E-state index in [-0.39, 0.29) is 16.7 Å². The molecule has 0 saturated heterocycles. The van der Waals surface area contributed by atoms with Crippen LogP contribution in [0.4, 0.5) is 0 Å². The zero-order chi connectivity index (χ0) is 12.8. The molecule has 0 heterocycles. The molecule has 1 N–H and O–H groups in total. The van der Waals surface area contributed by atoms with Gasteiger partial charge in [-0.05, 0) is 23.7 Å². The van der Waals surface area contributed by atoms with E-state index in [0.717, 1.165) is 19.4 Å². The molecule has 16 heavy (non-hydrogen) atoms. The summed E-state index contributed by atoms with van der Waals surface area (Å²) in [7, 11) is 0. The highest BCUT2D eigenvalue weighted by atomic mass is 35.5. The van der Waals surface area contributed by atoms with Crippen LogP contribution in [-0.4, -0.2) is 18.3 Å². The molecule has 0 saturated carbocycles. The first-order valence-corrected chi connectivity index (χ1v) is 6.52. The maximum Gasteiger partial charge on any atom is 0.220 e. The number of carbonyl (C=O) groups is 1. The first-order valence-electron chi connectivity index (χ1n) is 5.99. The molecule has 0 unspecified atom stereocenters. The lowest BCUT2D eigenvalue weighted by molar-refractivity contribution is -0.123. The van der Waals surface area contributed by atoms with E-state index in [1.54, 1.807) is 0 Å². The SMILES string of the molecule is CC(C)(C)CC(=O)NCC(C)(C)CCCCl. The van der Waals surface area contributed by atoms with Crippen molar-refractivity contribution in [3.63, 3.8) is 0 Å². The van der Waals surface area contributed by atoms with Gasteiger partial charge in [-0.3, -0.25) is 4.79 Å². The van der Waals surface area contributed by atoms with Crippen molar-refractivity contribution in [2.24, 2.45) is 10.8 Å². The molecule has 96 valence electrons. The van der Waals surface area contributed by atoms with Crippen molar-refractivity contribution in [3.8, 4) is 0 Å². The fourth-order valence-corrected chi connectivity index (χ4v) is 1.65. The summed E-state index contributed by atoms with van der Waals surface area (Å²) in [5, 5.41) is 3.01. The van der Waals surface area contributed by atoms with Crippen LogP contribution in [-0.2, 0) is 4.79 Å². The molecule has 0 aliphatic rings. The van der Waals surface area contributed by atoms with Gasteiger partial charge in [-0.15, -0.1) is 11.6 Å². The smallest absolute Gasteiger partial charge is 0.220 e. The topological polar surface area (TPSA) is 29.1 Å². The minimum Gasteiger partial charge on any atom is -0.356 e. The second kappa shape index (κ2) is 6.48. The van der Waals surface area contributed by atoms with Gasteiger partial charge >= 0.3 is 0 Å². The van der Waals surface area contributed by atoms with Crippen LogP contribution in [0.2, 0.25) is 0 Å². The zero-order valence-corrected chi connectivity index (χ0v) is 12.1. The van der Waals surface area contributed by atoms with Crippen LogP contribution in [0.3, 0.4) is 0 Å². The summed E-state index contributed by atoms with van der Waals surface area (Å²) in [5.41, 5.74) is 0.201. The van der Waals surface area contributed by atoms with Crippen LogP contribution < -0.4 is 5.32 Å². The summed E-state index contributed by atoms with van der Waals surface area (Å²) in [6, 6.07) is 0. The van der Waals surface area contributed by atoms with E-state index in [1.165, 1.54) is 0 Å². The molecule has 0 spiro atoms. The standard InChI is InChI=1S/C13H26ClNO/c1-12(2,3)9-11(16)15-10-13(4,5)7-6-8-14/h6-10H2,1-5H3,(H,15,16). The van der Waals surface area contributed by atoms with Gasteiger partial charge in [0.1, 0.15) is 0 Å². The molecule has 2 nitrogen and oxygen atoms in total. The van der Waals surface area contributed by atoms with E-state index in [2.05, 4.69) is 39.9 Å². The number of amides is 1. The summed E-state index contributed by atoms with van der Waals surface area (Å²) in [5.74, 6) is 0.839. The fourth-order valence-electron chi connectivity index (χ4n) is 1.52. The summed E-state index contributed by atoms with van der Waals surface area (Å²) >= 11 is 5.67. The van der Waals surface area contributed by atoms with Gasteiger partial charge in [0.15, 0.2) is 0 Å². The van der Waals surface area contributed by atoms with Gasteiger partial charge < -0.3 is 5.32 Å². The third-order valence-electron chi connectivity index (χ3n) is 2.44. The van der Waals surface area contributed by atoms with Crippen LogP contribution >= 0.6 is 11.6 Å². The van der Waals surface area contributed by atoms with E-state index >= 15 is 0 Å². The van der Waals surface area contributed by atoms with E-state index in [0.29, 0.717) is 12.3 Å². The number of nitrogens with one attached hydrogen (secondary N) is 1. The molecule has 3 heteroatoms. The Morgan fingerprint density at radius 1 is 1.19 bits per heavy atom. The van der Waals surface area contributed by atoms with Crippen molar-refractivity contribution in [2.75, 3.05) is 12.4 Å². The molecule has 0 bridgehead atoms. The minimum absolute atomic E-state index is 0.0599. The molecular formula is C13H26ClNO. The normalized spacial score (nSPS) is 12.6. The molecular weight excluding hydrogens is 222 g/mol. The predicted octanol–water partition coefficient (Wildman–Crippen LogP) is 3.58. The van der Waals surface area contributed by atoms with Gasteiger partial charge in [-0.25, -0.2) is 0 Å². The highest BCUT2D eigenvalue weighted by Crippen LogP contribution is 2.22. The quantitative estimate of drug-likeness (QED) is 0.715. The minimum atomic E-state index is 0.0599. The molecule has 0 rings (SSSR count). The Balaban J connectivity index is 3.90. The molecule has 0 aromatic heterocycles. The Labute approximate surface area is 105 Å². The first-order chi connectivity index (χ1) is 7.16. The van der Waals surface area contributed by atoms with Crippen molar-refractivity contribution < 1.29 is 4.79 Å². The second-order valence-electron chi connectivity index (χ2n) is 6.47. The monoisotopic (exact) mass is 247 g/mol. The zero-order valence-electron chi connectivity index (χ0n) is 11.3. The average Bonchev–Trinajstić information content (AvgIpc) is 2.09. The van der Waals surface area contributed by atoms with Crippen LogP contribution in [0, 0.1) is 10.8 Å². The maximum atomic E-state index is 11.6. The van der Waals surface area contributed by atoms with Gasteiger partial charge in [-0.1, -0.05) is 34.6 Å². The van der Waals surface area contributed by atoms with Gasteiger partial charge in [-0.2, -0.15) is 0 Å². The molecule has 0 aliphatic heterocycles. The Kier molecular flexibility index (Phi) is 6.39. The van der Waals surface area contributed by atoms with E-state index in [4.69, 9.17) is 11.6 Å². The second-order valence-corrected chi connectivity index (χ2v) is 6.85. The fraction of sp³-hybridized carbons (Fsp3) is 0.923. The summed E-state index contributed by atoms with van der Waals surface area (Å²) in [6.07, 6.45) is 2.63. The lowest BCUT2D eigenvalue weighted by Crippen LogP contribution is -2.35. The van der Waals surface area contributed by atoms with Gasteiger partial charge in [0.05, 0.1) is 0 Å². The number of hydrogen-bond donors (Lipinski definition) is 1. The number of halogens is 1. The number of carbonyl (C=O) groups excluding carboxylic acids is 1. The number of hydrogen-bond acceptors (Lipinski definition) is 1. The van der Waals surface area contributed by atoms with Crippen molar-refractivity contribution in [1.82, 2.24) is 5.32 Å². The van der Waals surface area contributed by atoms with E-state index in [1.807, 2.05) is 0 Å². The van der Waals surface area contributed by atoms with Gasteiger partial charge in [0.2, 0.25) is 5.91 Å². The van der Waals surface area contributed by atoms with Crippen LogP contribution in [0.5, 0.6) is 0 Å².